The van der Waals surface area contributed by atoms with Crippen molar-refractivity contribution in [2.75, 3.05) is 11.6 Å². The quantitative estimate of drug-likeness (QED) is 0.206. The zero-order chi connectivity index (χ0) is 22.9. The number of nitrogens with one attached hydrogen (secondary N) is 2. The zero-order valence-electron chi connectivity index (χ0n) is 18.5. The molecule has 0 fully saturated rings. The van der Waals surface area contributed by atoms with Gasteiger partial charge in [-0.15, -0.1) is 11.8 Å². The van der Waals surface area contributed by atoms with Crippen molar-refractivity contribution in [3.05, 3.63) is 102 Å². The van der Waals surface area contributed by atoms with Gasteiger partial charge in [0.2, 0.25) is 5.91 Å². The molecule has 3 N–H and O–H groups in total. The van der Waals surface area contributed by atoms with Crippen LogP contribution in [-0.4, -0.2) is 28.7 Å². The van der Waals surface area contributed by atoms with Crippen LogP contribution >= 0.6 is 23.7 Å². The monoisotopic (exact) mass is 478 g/mol. The second-order valence-electron chi connectivity index (χ2n) is 8.25. The van der Waals surface area contributed by atoms with Crippen molar-refractivity contribution in [3.8, 4) is 0 Å². The highest BCUT2D eigenvalue weighted by Gasteiger charge is 2.33. The molecule has 1 aliphatic carbocycles. The number of benzene rings is 3. The fourth-order valence-corrected chi connectivity index (χ4v) is 5.89. The largest absolute Gasteiger partial charge is 0.390 e. The summed E-state index contributed by atoms with van der Waals surface area (Å²) in [5.74, 6) is 1.38. The van der Waals surface area contributed by atoms with Crippen molar-refractivity contribution in [2.45, 2.75) is 36.3 Å². The number of hydrogen-bond donors (Lipinski definition) is 3. The topological polar surface area (TPSA) is 61.4 Å². The van der Waals surface area contributed by atoms with E-state index in [9.17, 15) is 9.90 Å². The molecule has 0 saturated carbocycles. The Kier molecular flexibility index (Phi) is 8.89. The predicted molar refractivity (Wildman–Crippen MR) is 138 cm³/mol. The minimum atomic E-state index is -0.572. The van der Waals surface area contributed by atoms with Gasteiger partial charge in [0.25, 0.3) is 0 Å². The Hall–Kier alpha value is -2.25. The Morgan fingerprint density at radius 1 is 0.970 bits per heavy atom. The summed E-state index contributed by atoms with van der Waals surface area (Å²) in [6, 6.07) is 28.2. The van der Waals surface area contributed by atoms with Crippen molar-refractivity contribution in [1.82, 2.24) is 10.0 Å². The Labute approximate surface area is 204 Å². The van der Waals surface area contributed by atoms with Crippen LogP contribution in [0.25, 0.3) is 0 Å². The molecule has 1 amide bonds. The number of aliphatic hydroxyl groups is 1. The van der Waals surface area contributed by atoms with Gasteiger partial charge in [-0.25, -0.2) is 4.72 Å². The van der Waals surface area contributed by atoms with Crippen LogP contribution in [0.1, 0.15) is 29.2 Å². The first kappa shape index (κ1) is 23.9. The van der Waals surface area contributed by atoms with Crippen LogP contribution in [0.15, 0.2) is 89.8 Å². The van der Waals surface area contributed by atoms with Crippen LogP contribution in [0.2, 0.25) is 0 Å². The summed E-state index contributed by atoms with van der Waals surface area (Å²) in [6.45, 7) is 0. The zero-order valence-corrected chi connectivity index (χ0v) is 20.2. The SMILES string of the molecule is O=C(NC1c2ccccc2CC1O)C(CCc1ccccc1)CSCNSc1ccccc1. The molecule has 3 aromatic rings. The highest BCUT2D eigenvalue weighted by molar-refractivity contribution is 8.01. The van der Waals surface area contributed by atoms with Gasteiger partial charge in [-0.2, -0.15) is 0 Å². The van der Waals surface area contributed by atoms with Crippen molar-refractivity contribution in [3.63, 3.8) is 0 Å². The van der Waals surface area contributed by atoms with Crippen molar-refractivity contribution in [1.29, 1.82) is 0 Å². The van der Waals surface area contributed by atoms with Gasteiger partial charge in [-0.05, 0) is 53.6 Å². The number of fused-ring (bicyclic) bond motifs is 1. The Bertz CT molecular complexity index is 1020. The van der Waals surface area contributed by atoms with Crippen molar-refractivity contribution < 1.29 is 9.90 Å². The number of carbonyl (C=O) groups excluding carboxylic acids is 1. The first-order valence-electron chi connectivity index (χ1n) is 11.3. The van der Waals surface area contributed by atoms with Crippen LogP contribution in [0.3, 0.4) is 0 Å². The van der Waals surface area contributed by atoms with E-state index < -0.39 is 6.10 Å². The van der Waals surface area contributed by atoms with Gasteiger partial charge in [0, 0.05) is 23.0 Å². The summed E-state index contributed by atoms with van der Waals surface area (Å²) in [5, 5.41) is 13.7. The maximum atomic E-state index is 13.3. The molecule has 4 rings (SSSR count). The maximum absolute atomic E-state index is 13.3. The van der Waals surface area contributed by atoms with E-state index in [0.717, 1.165) is 35.6 Å². The van der Waals surface area contributed by atoms with Gasteiger partial charge < -0.3 is 10.4 Å². The first-order valence-corrected chi connectivity index (χ1v) is 13.3. The lowest BCUT2D eigenvalue weighted by molar-refractivity contribution is -0.126. The maximum Gasteiger partial charge on any atom is 0.224 e. The number of hydrogen-bond acceptors (Lipinski definition) is 5. The van der Waals surface area contributed by atoms with Gasteiger partial charge in [0.1, 0.15) is 0 Å². The fourth-order valence-electron chi connectivity index (χ4n) is 4.14. The van der Waals surface area contributed by atoms with E-state index >= 15 is 0 Å². The number of carbonyl (C=O) groups is 1. The average molecular weight is 479 g/mol. The molecule has 33 heavy (non-hydrogen) atoms. The van der Waals surface area contributed by atoms with E-state index in [2.05, 4.69) is 34.3 Å². The van der Waals surface area contributed by atoms with Gasteiger partial charge in [-0.1, -0.05) is 72.8 Å². The normalized spacial score (nSPS) is 18.0. The van der Waals surface area contributed by atoms with Crippen LogP contribution in [0.4, 0.5) is 0 Å². The van der Waals surface area contributed by atoms with E-state index in [1.165, 1.54) is 10.5 Å². The second kappa shape index (κ2) is 12.3. The van der Waals surface area contributed by atoms with E-state index in [1.807, 2.05) is 60.7 Å². The first-order chi connectivity index (χ1) is 16.2. The Morgan fingerprint density at radius 2 is 1.67 bits per heavy atom. The van der Waals surface area contributed by atoms with E-state index in [0.29, 0.717) is 6.42 Å². The second-order valence-corrected chi connectivity index (χ2v) is 10.2. The lowest BCUT2D eigenvalue weighted by Gasteiger charge is -2.23. The standard InChI is InChI=1S/C27H30N2O2S2/c30-25-17-21-11-7-8-14-24(21)26(25)29-27(31)22(16-15-20-9-3-1-4-10-20)18-32-19-28-33-23-12-5-2-6-13-23/h1-14,22,25-26,28,30H,15-19H2,(H,29,31). The van der Waals surface area contributed by atoms with E-state index in [4.69, 9.17) is 0 Å². The Morgan fingerprint density at radius 3 is 2.45 bits per heavy atom. The van der Waals surface area contributed by atoms with Gasteiger partial charge >= 0.3 is 0 Å². The summed E-state index contributed by atoms with van der Waals surface area (Å²) in [4.78, 5) is 14.5. The molecule has 3 unspecified atom stereocenters. The molecule has 0 bridgehead atoms. The fraction of sp³-hybridized carbons (Fsp3) is 0.296. The molecule has 3 aromatic carbocycles. The van der Waals surface area contributed by atoms with Crippen LogP contribution < -0.4 is 10.0 Å². The third-order valence-corrected chi connectivity index (χ3v) is 7.88. The molecule has 3 atom stereocenters. The number of aliphatic hydroxyl groups excluding tert-OH is 1. The number of rotatable bonds is 11. The van der Waals surface area contributed by atoms with Crippen LogP contribution in [0, 0.1) is 5.92 Å². The van der Waals surface area contributed by atoms with E-state index in [1.54, 1.807) is 23.7 Å². The highest BCUT2D eigenvalue weighted by Crippen LogP contribution is 2.32. The van der Waals surface area contributed by atoms with Crippen LogP contribution in [0.5, 0.6) is 0 Å². The van der Waals surface area contributed by atoms with Crippen LogP contribution in [-0.2, 0) is 17.6 Å². The summed E-state index contributed by atoms with van der Waals surface area (Å²) in [6.07, 6.45) is 1.65. The van der Waals surface area contributed by atoms with E-state index in [-0.39, 0.29) is 17.9 Å². The highest BCUT2D eigenvalue weighted by atomic mass is 32.2. The molecule has 0 saturated heterocycles. The molecule has 4 nitrogen and oxygen atoms in total. The minimum absolute atomic E-state index is 0.0231. The molecule has 0 spiro atoms. The molecule has 172 valence electrons. The summed E-state index contributed by atoms with van der Waals surface area (Å²) >= 11 is 3.34. The van der Waals surface area contributed by atoms with Gasteiger partial charge in [-0.3, -0.25) is 4.79 Å². The lowest BCUT2D eigenvalue weighted by Crippen LogP contribution is -2.39. The molecule has 0 radical (unpaired) electrons. The minimum Gasteiger partial charge on any atom is -0.390 e. The predicted octanol–water partition coefficient (Wildman–Crippen LogP) is 5.00. The molecule has 6 heteroatoms. The number of aryl methyl sites for hydroxylation is 1. The van der Waals surface area contributed by atoms with Crippen molar-refractivity contribution in [2.24, 2.45) is 5.92 Å². The molecular formula is C27H30N2O2S2. The Balaban J connectivity index is 1.33. The molecule has 0 aromatic heterocycles. The molecule has 0 heterocycles. The van der Waals surface area contributed by atoms with Gasteiger partial charge in [0.05, 0.1) is 18.0 Å². The van der Waals surface area contributed by atoms with Gasteiger partial charge in [0.15, 0.2) is 0 Å². The molecular weight excluding hydrogens is 448 g/mol. The third kappa shape index (κ3) is 6.87. The van der Waals surface area contributed by atoms with Crippen molar-refractivity contribution >= 4 is 29.6 Å². The lowest BCUT2D eigenvalue weighted by atomic mass is 9.99. The number of amides is 1. The third-order valence-electron chi connectivity index (χ3n) is 5.91. The average Bonchev–Trinajstić information content (AvgIpc) is 3.17. The smallest absolute Gasteiger partial charge is 0.224 e. The summed E-state index contributed by atoms with van der Waals surface area (Å²) in [5.41, 5.74) is 3.39. The number of thioether (sulfide) groups is 1. The summed E-state index contributed by atoms with van der Waals surface area (Å²) in [7, 11) is 0. The molecule has 1 aliphatic rings. The summed E-state index contributed by atoms with van der Waals surface area (Å²) < 4.78 is 3.37. The molecule has 0 aliphatic heterocycles.